The largest absolute Gasteiger partial charge is 0.444 e. The Balaban J connectivity index is 1.64. The van der Waals surface area contributed by atoms with Crippen LogP contribution in [-0.2, 0) is 10.0 Å². The summed E-state index contributed by atoms with van der Waals surface area (Å²) < 4.78 is 34.7. The molecule has 0 saturated heterocycles. The summed E-state index contributed by atoms with van der Waals surface area (Å²) in [5, 5.41) is 4.26. The lowest BCUT2D eigenvalue weighted by Crippen LogP contribution is -2.18. The molecule has 1 aliphatic rings. The fourth-order valence-corrected chi connectivity index (χ4v) is 3.89. The Labute approximate surface area is 144 Å². The van der Waals surface area contributed by atoms with E-state index in [0.29, 0.717) is 35.0 Å². The highest BCUT2D eigenvalue weighted by atomic mass is 32.2. The summed E-state index contributed by atoms with van der Waals surface area (Å²) in [4.78, 5) is 8.36. The highest BCUT2D eigenvalue weighted by Crippen LogP contribution is 2.29. The lowest BCUT2D eigenvalue weighted by atomic mass is 10.0. The van der Waals surface area contributed by atoms with Gasteiger partial charge in [-0.3, -0.25) is 4.72 Å². The van der Waals surface area contributed by atoms with Gasteiger partial charge in [-0.05, 0) is 37.5 Å². The molecule has 128 valence electrons. The van der Waals surface area contributed by atoms with Crippen molar-refractivity contribution < 1.29 is 12.8 Å². The maximum absolute atomic E-state index is 12.7. The molecule has 0 unspecified atom stereocenters. The molecule has 3 aromatic heterocycles. The first-order valence-corrected chi connectivity index (χ1v) is 9.14. The highest BCUT2D eigenvalue weighted by Gasteiger charge is 2.22. The Bertz CT molecular complexity index is 1090. The Hall–Kier alpha value is -2.94. The van der Waals surface area contributed by atoms with E-state index < -0.39 is 10.0 Å². The molecule has 1 N–H and O–H groups in total. The molecule has 3 aromatic rings. The summed E-state index contributed by atoms with van der Waals surface area (Å²) in [5.74, 6) is 1.01. The maximum atomic E-state index is 12.7. The molecular weight excluding hydrogens is 342 g/mol. The van der Waals surface area contributed by atoms with Gasteiger partial charge in [-0.2, -0.15) is 9.61 Å². The minimum Gasteiger partial charge on any atom is -0.444 e. The molecule has 0 radical (unpaired) electrons. The van der Waals surface area contributed by atoms with Crippen LogP contribution < -0.4 is 4.72 Å². The predicted molar refractivity (Wildman–Crippen MR) is 92.1 cm³/mol. The molecule has 0 amide bonds. The topological polar surface area (TPSA) is 102 Å². The lowest BCUT2D eigenvalue weighted by Gasteiger charge is -2.15. The number of nitrogens with zero attached hydrogens (tertiary/aromatic N) is 4. The quantitative estimate of drug-likeness (QED) is 0.770. The number of hydrogen-bond donors (Lipinski definition) is 1. The monoisotopic (exact) mass is 357 g/mol. The zero-order valence-corrected chi connectivity index (χ0v) is 14.2. The molecule has 0 bridgehead atoms. The fourth-order valence-electron chi connectivity index (χ4n) is 2.71. The molecule has 0 aromatic carbocycles. The Morgan fingerprint density at radius 1 is 1.28 bits per heavy atom. The first-order valence-electron chi connectivity index (χ1n) is 7.66. The summed E-state index contributed by atoms with van der Waals surface area (Å²) in [5.41, 5.74) is 2.27. The minimum absolute atomic E-state index is 0.310. The normalized spacial score (nSPS) is 15.1. The van der Waals surface area contributed by atoms with E-state index in [1.54, 1.807) is 36.7 Å². The smallest absolute Gasteiger partial charge is 0.259 e. The van der Waals surface area contributed by atoms with E-state index in [9.17, 15) is 8.42 Å². The number of oxazole rings is 1. The molecular formula is C16H15N5O3S. The zero-order valence-electron chi connectivity index (χ0n) is 13.4. The number of aromatic nitrogens is 4. The molecule has 0 atom stereocenters. The molecule has 1 aliphatic carbocycles. The third-order valence-corrected chi connectivity index (χ3v) is 5.43. The van der Waals surface area contributed by atoms with Crippen molar-refractivity contribution in [3.05, 3.63) is 59.4 Å². The van der Waals surface area contributed by atoms with Crippen LogP contribution in [-0.4, -0.2) is 28.0 Å². The van der Waals surface area contributed by atoms with E-state index in [1.807, 2.05) is 6.92 Å². The molecule has 8 nitrogen and oxygen atoms in total. The second-order valence-corrected chi connectivity index (χ2v) is 7.42. The molecule has 4 rings (SSSR count). The number of anilines is 1. The van der Waals surface area contributed by atoms with Crippen LogP contribution in [0.2, 0.25) is 0 Å². The van der Waals surface area contributed by atoms with Gasteiger partial charge in [0.15, 0.2) is 12.0 Å². The van der Waals surface area contributed by atoms with Gasteiger partial charge in [0.1, 0.15) is 11.6 Å². The van der Waals surface area contributed by atoms with Gasteiger partial charge in [-0.25, -0.2) is 18.4 Å². The van der Waals surface area contributed by atoms with E-state index in [4.69, 9.17) is 4.42 Å². The van der Waals surface area contributed by atoms with Crippen molar-refractivity contribution in [2.24, 2.45) is 0 Å². The van der Waals surface area contributed by atoms with Gasteiger partial charge in [0.25, 0.3) is 10.0 Å². The lowest BCUT2D eigenvalue weighted by molar-refractivity contribution is 0.541. The van der Waals surface area contributed by atoms with Gasteiger partial charge in [0.05, 0.1) is 16.8 Å². The van der Waals surface area contributed by atoms with Crippen LogP contribution in [0.15, 0.2) is 52.4 Å². The summed E-state index contributed by atoms with van der Waals surface area (Å²) in [6, 6.07) is 3.36. The van der Waals surface area contributed by atoms with Gasteiger partial charge in [0, 0.05) is 12.3 Å². The third kappa shape index (κ3) is 2.93. The number of fused-ring (bicyclic) bond motifs is 1. The second-order valence-electron chi connectivity index (χ2n) is 5.68. The van der Waals surface area contributed by atoms with Gasteiger partial charge < -0.3 is 4.42 Å². The van der Waals surface area contributed by atoms with Crippen LogP contribution >= 0.6 is 0 Å². The van der Waals surface area contributed by atoms with Crippen LogP contribution in [0.4, 0.5) is 5.82 Å². The standard InChI is InChI=1S/C16H15N5O3S/c1-11-8-16-18-7-6-15(21(16)19-11)20-25(22,23)13-4-2-12(3-5-13)14-9-17-10-24-14/h2,4,6-10,20H,3,5H2,1H3. The van der Waals surface area contributed by atoms with Gasteiger partial charge in [0.2, 0.25) is 0 Å². The maximum Gasteiger partial charge on any atom is 0.259 e. The first kappa shape index (κ1) is 15.6. The van der Waals surface area contributed by atoms with Crippen molar-refractivity contribution in [3.8, 4) is 0 Å². The Morgan fingerprint density at radius 3 is 2.88 bits per heavy atom. The molecule has 0 saturated carbocycles. The average Bonchev–Trinajstić information content (AvgIpc) is 3.24. The van der Waals surface area contributed by atoms with Crippen LogP contribution in [0, 0.1) is 6.92 Å². The minimum atomic E-state index is -3.68. The van der Waals surface area contributed by atoms with E-state index in [1.165, 1.54) is 10.9 Å². The van der Waals surface area contributed by atoms with E-state index >= 15 is 0 Å². The number of sulfonamides is 1. The predicted octanol–water partition coefficient (Wildman–Crippen LogP) is 2.53. The second kappa shape index (κ2) is 5.85. The van der Waals surface area contributed by atoms with E-state index in [-0.39, 0.29) is 0 Å². The summed E-state index contributed by atoms with van der Waals surface area (Å²) in [7, 11) is -3.68. The average molecular weight is 357 g/mol. The molecule has 25 heavy (non-hydrogen) atoms. The summed E-state index contributed by atoms with van der Waals surface area (Å²) >= 11 is 0. The van der Waals surface area contributed by atoms with E-state index in [2.05, 4.69) is 19.8 Å². The number of hydrogen-bond acceptors (Lipinski definition) is 6. The van der Waals surface area contributed by atoms with Gasteiger partial charge in [-0.1, -0.05) is 6.08 Å². The highest BCUT2D eigenvalue weighted by molar-refractivity contribution is 7.96. The van der Waals surface area contributed by atoms with Crippen LogP contribution in [0.1, 0.15) is 24.3 Å². The number of allylic oxidation sites excluding steroid dienone is 4. The van der Waals surface area contributed by atoms with Crippen LogP contribution in [0.5, 0.6) is 0 Å². The van der Waals surface area contributed by atoms with Crippen molar-refractivity contribution >= 4 is 27.1 Å². The van der Waals surface area contributed by atoms with Crippen molar-refractivity contribution in [2.75, 3.05) is 4.72 Å². The molecule has 3 heterocycles. The van der Waals surface area contributed by atoms with Gasteiger partial charge in [-0.15, -0.1) is 0 Å². The molecule has 0 fully saturated rings. The zero-order chi connectivity index (χ0) is 17.4. The van der Waals surface area contributed by atoms with Crippen LogP contribution in [0.3, 0.4) is 0 Å². The van der Waals surface area contributed by atoms with Crippen molar-refractivity contribution in [1.82, 2.24) is 19.6 Å². The molecule has 0 spiro atoms. The number of rotatable bonds is 4. The SMILES string of the molecule is Cc1cc2nccc(NS(=O)(=O)C3=CC=C(c4cnco4)CC3)n2n1. The Kier molecular flexibility index (Phi) is 3.65. The van der Waals surface area contributed by atoms with Gasteiger partial charge >= 0.3 is 0 Å². The van der Waals surface area contributed by atoms with Crippen molar-refractivity contribution in [3.63, 3.8) is 0 Å². The Morgan fingerprint density at radius 2 is 2.16 bits per heavy atom. The third-order valence-electron chi connectivity index (χ3n) is 3.92. The summed E-state index contributed by atoms with van der Waals surface area (Å²) in [6.45, 7) is 1.83. The van der Waals surface area contributed by atoms with Crippen LogP contribution in [0.25, 0.3) is 11.2 Å². The number of aryl methyl sites for hydroxylation is 1. The first-order chi connectivity index (χ1) is 12.0. The fraction of sp³-hybridized carbons (Fsp3) is 0.188. The summed E-state index contributed by atoms with van der Waals surface area (Å²) in [6.07, 6.45) is 8.81. The van der Waals surface area contributed by atoms with E-state index in [0.717, 1.165) is 11.3 Å². The van der Waals surface area contributed by atoms with Crippen molar-refractivity contribution in [2.45, 2.75) is 19.8 Å². The molecule has 9 heteroatoms. The van der Waals surface area contributed by atoms with Crippen molar-refractivity contribution in [1.29, 1.82) is 0 Å². The number of nitrogens with one attached hydrogen (secondary N) is 1. The molecule has 0 aliphatic heterocycles.